The van der Waals surface area contributed by atoms with Crippen LogP contribution in [-0.2, 0) is 0 Å². The minimum absolute atomic E-state index is 0.402. The van der Waals surface area contributed by atoms with Gasteiger partial charge in [-0.15, -0.1) is 0 Å². The van der Waals surface area contributed by atoms with Crippen molar-refractivity contribution in [3.8, 4) is 22.8 Å². The van der Waals surface area contributed by atoms with Crippen molar-refractivity contribution in [2.24, 2.45) is 0 Å². The molecule has 1 fully saturated rings. The van der Waals surface area contributed by atoms with Crippen molar-refractivity contribution in [1.29, 1.82) is 0 Å². The normalized spacial score (nSPS) is 14.3. The highest BCUT2D eigenvalue weighted by atomic mass is 16.5. The minimum atomic E-state index is 0.402. The topological polar surface area (TPSA) is 98.4 Å². The Balaban J connectivity index is 1.75. The molecule has 1 saturated heterocycles. The van der Waals surface area contributed by atoms with Crippen molar-refractivity contribution in [1.82, 2.24) is 19.9 Å². The molecule has 0 unspecified atom stereocenters. The number of aryl methyl sites for hydroxylation is 1. The summed E-state index contributed by atoms with van der Waals surface area (Å²) in [6.07, 6.45) is 5.28. The highest BCUT2D eigenvalue weighted by molar-refractivity contribution is 5.77. The van der Waals surface area contributed by atoms with Crippen molar-refractivity contribution in [3.63, 3.8) is 0 Å². The number of nitrogens with two attached hydrogens (primary N) is 1. The molecule has 1 aliphatic rings. The van der Waals surface area contributed by atoms with Crippen LogP contribution in [0.4, 0.5) is 11.8 Å². The number of anilines is 2. The van der Waals surface area contributed by atoms with Crippen LogP contribution in [0.2, 0.25) is 0 Å². The number of hydrogen-bond donors (Lipinski definition) is 2. The average Bonchev–Trinajstić information content (AvgIpc) is 3.18. The Morgan fingerprint density at radius 1 is 1.26 bits per heavy atom. The van der Waals surface area contributed by atoms with Crippen LogP contribution in [0.5, 0.6) is 11.6 Å². The van der Waals surface area contributed by atoms with Crippen LogP contribution in [0.15, 0.2) is 12.3 Å². The van der Waals surface area contributed by atoms with Gasteiger partial charge >= 0.3 is 0 Å². The third-order valence-electron chi connectivity index (χ3n) is 4.72. The lowest BCUT2D eigenvalue weighted by atomic mass is 10.1. The van der Waals surface area contributed by atoms with Crippen molar-refractivity contribution in [2.45, 2.75) is 26.2 Å². The van der Waals surface area contributed by atoms with E-state index in [2.05, 4.69) is 25.2 Å². The molecule has 0 amide bonds. The number of nitrogen functional groups attached to an aromatic ring is 1. The van der Waals surface area contributed by atoms with Gasteiger partial charge in [0.15, 0.2) is 5.75 Å². The number of aromatic nitrogens is 3. The molecule has 0 saturated carbocycles. The standard InChI is InChI=1S/C19H28N6O2/c1-13-16(17(20)24-19(21-2)23-13)14-11-15(18(26-3)22-12-14)27-10-6-9-25-7-4-5-8-25/h11-12H,4-10H2,1-3H3,(H3,20,21,23,24). The second-order valence-electron chi connectivity index (χ2n) is 6.63. The largest absolute Gasteiger partial charge is 0.488 e. The number of hydrogen-bond acceptors (Lipinski definition) is 8. The lowest BCUT2D eigenvalue weighted by Gasteiger charge is -2.16. The molecule has 146 valence electrons. The molecule has 0 spiro atoms. The van der Waals surface area contributed by atoms with Gasteiger partial charge in [0.2, 0.25) is 5.95 Å². The van der Waals surface area contributed by atoms with E-state index in [0.29, 0.717) is 30.0 Å². The summed E-state index contributed by atoms with van der Waals surface area (Å²) < 4.78 is 11.3. The molecule has 0 atom stereocenters. The fourth-order valence-corrected chi connectivity index (χ4v) is 3.37. The second kappa shape index (κ2) is 8.85. The quantitative estimate of drug-likeness (QED) is 0.682. The van der Waals surface area contributed by atoms with E-state index in [0.717, 1.165) is 29.8 Å². The number of methoxy groups -OCH3 is 1. The van der Waals surface area contributed by atoms with Crippen molar-refractivity contribution in [3.05, 3.63) is 18.0 Å². The average molecular weight is 372 g/mol. The SMILES string of the molecule is CNc1nc(C)c(-c2cnc(OC)c(OCCCN3CCCC3)c2)c(N)n1. The van der Waals surface area contributed by atoms with Gasteiger partial charge in [0.05, 0.1) is 19.4 Å². The maximum absolute atomic E-state index is 6.15. The van der Waals surface area contributed by atoms with E-state index in [1.807, 2.05) is 13.0 Å². The first-order valence-corrected chi connectivity index (χ1v) is 9.33. The Morgan fingerprint density at radius 2 is 2.04 bits per heavy atom. The molecule has 27 heavy (non-hydrogen) atoms. The van der Waals surface area contributed by atoms with Gasteiger partial charge in [-0.25, -0.2) is 9.97 Å². The lowest BCUT2D eigenvalue weighted by Crippen LogP contribution is -2.22. The highest BCUT2D eigenvalue weighted by Crippen LogP contribution is 2.34. The molecular formula is C19H28N6O2. The molecular weight excluding hydrogens is 344 g/mol. The maximum Gasteiger partial charge on any atom is 0.256 e. The summed E-state index contributed by atoms with van der Waals surface area (Å²) in [7, 11) is 3.35. The summed E-state index contributed by atoms with van der Waals surface area (Å²) >= 11 is 0. The van der Waals surface area contributed by atoms with Gasteiger partial charge in [-0.05, 0) is 45.3 Å². The van der Waals surface area contributed by atoms with Crippen LogP contribution in [0.25, 0.3) is 11.1 Å². The molecule has 8 nitrogen and oxygen atoms in total. The molecule has 0 bridgehead atoms. The summed E-state index contributed by atoms with van der Waals surface area (Å²) in [4.78, 5) is 15.5. The van der Waals surface area contributed by atoms with Crippen LogP contribution in [0.1, 0.15) is 25.0 Å². The van der Waals surface area contributed by atoms with Gasteiger partial charge in [-0.1, -0.05) is 0 Å². The van der Waals surface area contributed by atoms with Gasteiger partial charge in [-0.3, -0.25) is 0 Å². The Morgan fingerprint density at radius 3 is 2.70 bits per heavy atom. The first-order chi connectivity index (χ1) is 13.1. The summed E-state index contributed by atoms with van der Waals surface area (Å²) in [5.41, 5.74) is 8.49. The van der Waals surface area contributed by atoms with E-state index in [1.54, 1.807) is 20.4 Å². The van der Waals surface area contributed by atoms with Crippen LogP contribution < -0.4 is 20.5 Å². The Labute approximate surface area is 160 Å². The highest BCUT2D eigenvalue weighted by Gasteiger charge is 2.16. The molecule has 1 aliphatic heterocycles. The van der Waals surface area contributed by atoms with E-state index >= 15 is 0 Å². The number of nitrogens with one attached hydrogen (secondary N) is 1. The monoisotopic (exact) mass is 372 g/mol. The second-order valence-corrected chi connectivity index (χ2v) is 6.63. The maximum atomic E-state index is 6.15. The molecule has 0 radical (unpaired) electrons. The van der Waals surface area contributed by atoms with E-state index in [-0.39, 0.29) is 0 Å². The van der Waals surface area contributed by atoms with E-state index in [1.165, 1.54) is 25.9 Å². The summed E-state index contributed by atoms with van der Waals surface area (Å²) in [6, 6.07) is 1.89. The van der Waals surface area contributed by atoms with Gasteiger partial charge in [0, 0.05) is 30.9 Å². The smallest absolute Gasteiger partial charge is 0.256 e. The lowest BCUT2D eigenvalue weighted by molar-refractivity contribution is 0.252. The third kappa shape index (κ3) is 4.57. The molecule has 3 N–H and O–H groups in total. The summed E-state index contributed by atoms with van der Waals surface area (Å²) in [5.74, 6) is 1.96. The fraction of sp³-hybridized carbons (Fsp3) is 0.526. The zero-order chi connectivity index (χ0) is 19.2. The van der Waals surface area contributed by atoms with Gasteiger partial charge in [0.1, 0.15) is 5.82 Å². The molecule has 0 aromatic carbocycles. The molecule has 3 rings (SSSR count). The first-order valence-electron chi connectivity index (χ1n) is 9.33. The molecule has 3 heterocycles. The zero-order valence-corrected chi connectivity index (χ0v) is 16.3. The molecule has 0 aliphatic carbocycles. The molecule has 8 heteroatoms. The number of rotatable bonds is 8. The van der Waals surface area contributed by atoms with Crippen LogP contribution in [0, 0.1) is 6.92 Å². The predicted octanol–water partition coefficient (Wildman–Crippen LogP) is 2.34. The number of likely N-dealkylation sites (tertiary alicyclic amines) is 1. The first kappa shape index (κ1) is 19.2. The van der Waals surface area contributed by atoms with Crippen molar-refractivity contribution in [2.75, 3.05) is 51.4 Å². The van der Waals surface area contributed by atoms with Crippen LogP contribution in [-0.4, -0.2) is 60.3 Å². The van der Waals surface area contributed by atoms with Crippen molar-refractivity contribution < 1.29 is 9.47 Å². The van der Waals surface area contributed by atoms with Gasteiger partial charge in [-0.2, -0.15) is 4.98 Å². The van der Waals surface area contributed by atoms with Crippen molar-refractivity contribution >= 4 is 11.8 Å². The fourth-order valence-electron chi connectivity index (χ4n) is 3.37. The Kier molecular flexibility index (Phi) is 6.28. The Hall–Kier alpha value is -2.61. The zero-order valence-electron chi connectivity index (χ0n) is 16.3. The van der Waals surface area contributed by atoms with Crippen LogP contribution in [0.3, 0.4) is 0 Å². The number of pyridine rings is 1. The number of ether oxygens (including phenoxy) is 2. The Bertz CT molecular complexity index is 754. The van der Waals surface area contributed by atoms with E-state index in [4.69, 9.17) is 15.2 Å². The summed E-state index contributed by atoms with van der Waals surface area (Å²) in [5, 5.41) is 2.91. The molecule has 2 aromatic rings. The van der Waals surface area contributed by atoms with Gasteiger partial charge in [0.25, 0.3) is 5.88 Å². The summed E-state index contributed by atoms with van der Waals surface area (Å²) in [6.45, 7) is 5.96. The van der Waals surface area contributed by atoms with E-state index < -0.39 is 0 Å². The number of nitrogens with zero attached hydrogens (tertiary/aromatic N) is 4. The van der Waals surface area contributed by atoms with E-state index in [9.17, 15) is 0 Å². The van der Waals surface area contributed by atoms with Gasteiger partial charge < -0.3 is 25.4 Å². The van der Waals surface area contributed by atoms with Crippen LogP contribution >= 0.6 is 0 Å². The molecule has 2 aromatic heterocycles. The predicted molar refractivity (Wildman–Crippen MR) is 106 cm³/mol. The third-order valence-corrected chi connectivity index (χ3v) is 4.72. The minimum Gasteiger partial charge on any atom is -0.488 e.